The molecule has 0 radical (unpaired) electrons. The van der Waals surface area contributed by atoms with E-state index in [0.717, 1.165) is 18.4 Å². The van der Waals surface area contributed by atoms with Crippen molar-refractivity contribution in [2.24, 2.45) is 5.92 Å². The Morgan fingerprint density at radius 2 is 1.96 bits per heavy atom. The third kappa shape index (κ3) is 3.45. The number of carbonyl (C=O) groups is 1. The van der Waals surface area contributed by atoms with Gasteiger partial charge in [-0.3, -0.25) is 4.79 Å². The second kappa shape index (κ2) is 7.23. The third-order valence-corrected chi connectivity index (χ3v) is 5.02. The van der Waals surface area contributed by atoms with Gasteiger partial charge in [-0.05, 0) is 42.2 Å². The molecule has 2 aromatic rings. The van der Waals surface area contributed by atoms with Crippen LogP contribution in [0.15, 0.2) is 42.5 Å². The lowest BCUT2D eigenvalue weighted by Crippen LogP contribution is -2.41. The Morgan fingerprint density at radius 1 is 1.15 bits per heavy atom. The fourth-order valence-electron chi connectivity index (χ4n) is 3.64. The molecule has 0 bridgehead atoms. The minimum Gasteiger partial charge on any atom is -0.493 e. The quantitative estimate of drug-likeness (QED) is 0.771. The third-order valence-electron chi connectivity index (χ3n) is 5.02. The highest BCUT2D eigenvalue weighted by Crippen LogP contribution is 2.37. The van der Waals surface area contributed by atoms with Crippen molar-refractivity contribution in [3.8, 4) is 17.2 Å². The number of nitrogens with zero attached hydrogens (tertiary/aromatic N) is 1. The number of likely N-dealkylation sites (tertiary alicyclic amines) is 1. The van der Waals surface area contributed by atoms with Crippen LogP contribution in [0.2, 0.25) is 0 Å². The van der Waals surface area contributed by atoms with Crippen molar-refractivity contribution in [2.45, 2.75) is 12.3 Å². The largest absolute Gasteiger partial charge is 0.493 e. The van der Waals surface area contributed by atoms with E-state index < -0.39 is 0 Å². The van der Waals surface area contributed by atoms with Gasteiger partial charge < -0.3 is 19.1 Å². The van der Waals surface area contributed by atoms with E-state index in [9.17, 15) is 9.18 Å². The Hall–Kier alpha value is -2.76. The lowest BCUT2D eigenvalue weighted by atomic mass is 9.81. The molecule has 6 heteroatoms. The monoisotopic (exact) mass is 357 g/mol. The molecule has 4 rings (SSSR count). The number of piperidine rings is 1. The molecule has 26 heavy (non-hydrogen) atoms. The molecular weight excluding hydrogens is 337 g/mol. The van der Waals surface area contributed by atoms with E-state index in [2.05, 4.69) is 0 Å². The van der Waals surface area contributed by atoms with Crippen molar-refractivity contribution in [1.29, 1.82) is 0 Å². The normalized spacial score (nSPS) is 21.5. The first-order chi connectivity index (χ1) is 12.7. The molecule has 0 saturated carbocycles. The Morgan fingerprint density at radius 3 is 2.77 bits per heavy atom. The molecule has 1 fully saturated rings. The number of hydrogen-bond donors (Lipinski definition) is 0. The summed E-state index contributed by atoms with van der Waals surface area (Å²) in [4.78, 5) is 13.0. The van der Waals surface area contributed by atoms with Gasteiger partial charge in [0, 0.05) is 25.1 Å². The van der Waals surface area contributed by atoms with Crippen molar-refractivity contribution in [1.82, 2.24) is 4.90 Å². The second-order valence-corrected chi connectivity index (χ2v) is 6.63. The van der Waals surface area contributed by atoms with E-state index in [0.29, 0.717) is 36.9 Å². The fourth-order valence-corrected chi connectivity index (χ4v) is 3.64. The minimum absolute atomic E-state index is 0.129. The van der Waals surface area contributed by atoms with Crippen LogP contribution in [0.1, 0.15) is 17.9 Å². The van der Waals surface area contributed by atoms with Gasteiger partial charge in [-0.2, -0.15) is 0 Å². The van der Waals surface area contributed by atoms with Crippen molar-refractivity contribution in [2.75, 3.05) is 26.5 Å². The first-order valence-electron chi connectivity index (χ1n) is 8.70. The lowest BCUT2D eigenvalue weighted by Gasteiger charge is -2.37. The molecule has 1 saturated heterocycles. The summed E-state index contributed by atoms with van der Waals surface area (Å²) in [6, 6.07) is 12.1. The smallest absolute Gasteiger partial charge is 0.231 e. The minimum atomic E-state index is -0.243. The van der Waals surface area contributed by atoms with Crippen molar-refractivity contribution < 1.29 is 23.4 Å². The van der Waals surface area contributed by atoms with Gasteiger partial charge in [-0.25, -0.2) is 4.39 Å². The number of rotatable bonds is 5. The number of halogens is 1. The highest BCUT2D eigenvalue weighted by molar-refractivity contribution is 5.48. The van der Waals surface area contributed by atoms with Crippen LogP contribution in [0.4, 0.5) is 4.39 Å². The van der Waals surface area contributed by atoms with Crippen molar-refractivity contribution >= 4 is 6.41 Å². The lowest BCUT2D eigenvalue weighted by molar-refractivity contribution is -0.120. The number of hydrogen-bond acceptors (Lipinski definition) is 4. The number of benzene rings is 2. The summed E-state index contributed by atoms with van der Waals surface area (Å²) in [7, 11) is 0. The molecule has 1 amide bonds. The number of amides is 1. The van der Waals surface area contributed by atoms with Gasteiger partial charge in [0.05, 0.1) is 6.61 Å². The van der Waals surface area contributed by atoms with Crippen molar-refractivity contribution in [3.63, 3.8) is 0 Å². The average Bonchev–Trinajstić information content (AvgIpc) is 3.14. The summed E-state index contributed by atoms with van der Waals surface area (Å²) in [5, 5.41) is 0. The van der Waals surface area contributed by atoms with Gasteiger partial charge in [-0.15, -0.1) is 0 Å². The summed E-state index contributed by atoms with van der Waals surface area (Å²) in [6.07, 6.45) is 1.72. The topological polar surface area (TPSA) is 48.0 Å². The summed E-state index contributed by atoms with van der Waals surface area (Å²) in [5.41, 5.74) is 1.08. The van der Waals surface area contributed by atoms with E-state index in [4.69, 9.17) is 14.2 Å². The van der Waals surface area contributed by atoms with Gasteiger partial charge in [0.15, 0.2) is 11.5 Å². The fraction of sp³-hybridized carbons (Fsp3) is 0.350. The Kier molecular flexibility index (Phi) is 4.65. The molecule has 2 aliphatic rings. The zero-order chi connectivity index (χ0) is 17.9. The summed E-state index contributed by atoms with van der Waals surface area (Å²) >= 11 is 0. The van der Waals surface area contributed by atoms with Crippen LogP contribution < -0.4 is 14.2 Å². The van der Waals surface area contributed by atoms with Gasteiger partial charge in [-0.1, -0.05) is 12.1 Å². The van der Waals surface area contributed by atoms with E-state index in [1.165, 1.54) is 12.1 Å². The molecular formula is C20H20FNO4. The van der Waals surface area contributed by atoms with Crippen LogP contribution in [0, 0.1) is 11.7 Å². The summed E-state index contributed by atoms with van der Waals surface area (Å²) in [6.45, 7) is 2.01. The maximum atomic E-state index is 13.2. The van der Waals surface area contributed by atoms with E-state index >= 15 is 0 Å². The molecule has 5 nitrogen and oxygen atoms in total. The number of carbonyl (C=O) groups excluding carboxylic acids is 1. The van der Waals surface area contributed by atoms with E-state index in [-0.39, 0.29) is 24.4 Å². The van der Waals surface area contributed by atoms with Gasteiger partial charge in [0.2, 0.25) is 13.2 Å². The van der Waals surface area contributed by atoms with Crippen LogP contribution in [0.3, 0.4) is 0 Å². The molecule has 0 unspecified atom stereocenters. The summed E-state index contributed by atoms with van der Waals surface area (Å²) < 4.78 is 29.9. The van der Waals surface area contributed by atoms with Crippen LogP contribution >= 0.6 is 0 Å². The molecule has 136 valence electrons. The maximum Gasteiger partial charge on any atom is 0.231 e. The van der Waals surface area contributed by atoms with Crippen molar-refractivity contribution in [3.05, 3.63) is 53.8 Å². The Bertz CT molecular complexity index is 780. The zero-order valence-corrected chi connectivity index (χ0v) is 14.3. The molecule has 2 atom stereocenters. The standard InChI is InChI=1S/C20H20FNO4/c21-16-3-1-14(2-4-16)18-7-8-22(12-23)10-15(18)11-24-17-5-6-19-20(9-17)26-13-25-19/h1-6,9,12,15,18H,7-8,10-11,13H2/t15-,18-/m0/s1. The SMILES string of the molecule is O=CN1CC[C@@H](c2ccc(F)cc2)[C@H](COc2ccc3c(c2)OCO3)C1. The van der Waals surface area contributed by atoms with Gasteiger partial charge in [0.1, 0.15) is 11.6 Å². The van der Waals surface area contributed by atoms with E-state index in [1.54, 1.807) is 4.90 Å². The highest BCUT2D eigenvalue weighted by atomic mass is 19.1. The molecule has 2 aliphatic heterocycles. The zero-order valence-electron chi connectivity index (χ0n) is 14.3. The highest BCUT2D eigenvalue weighted by Gasteiger charge is 2.30. The molecule has 0 N–H and O–H groups in total. The van der Waals surface area contributed by atoms with Gasteiger partial charge >= 0.3 is 0 Å². The first-order valence-corrected chi connectivity index (χ1v) is 8.70. The molecule has 2 aromatic carbocycles. The predicted octanol–water partition coefficient (Wildman–Crippen LogP) is 3.20. The second-order valence-electron chi connectivity index (χ2n) is 6.63. The van der Waals surface area contributed by atoms with Crippen LogP contribution in [0.25, 0.3) is 0 Å². The van der Waals surface area contributed by atoms with Crippen LogP contribution in [-0.4, -0.2) is 37.8 Å². The molecule has 2 heterocycles. The molecule has 0 aliphatic carbocycles. The van der Waals surface area contributed by atoms with Gasteiger partial charge in [0.25, 0.3) is 0 Å². The summed E-state index contributed by atoms with van der Waals surface area (Å²) in [5.74, 6) is 2.20. The van der Waals surface area contributed by atoms with E-state index in [1.807, 2.05) is 30.3 Å². The van der Waals surface area contributed by atoms with Crippen LogP contribution in [0.5, 0.6) is 17.2 Å². The Balaban J connectivity index is 1.48. The molecule has 0 spiro atoms. The number of fused-ring (bicyclic) bond motifs is 1. The first kappa shape index (κ1) is 16.7. The molecule has 0 aromatic heterocycles. The predicted molar refractivity (Wildman–Crippen MR) is 92.9 cm³/mol. The van der Waals surface area contributed by atoms with Crippen LogP contribution in [-0.2, 0) is 4.79 Å². The maximum absolute atomic E-state index is 13.2. The Labute approximate surface area is 151 Å². The number of ether oxygens (including phenoxy) is 3. The average molecular weight is 357 g/mol.